The van der Waals surface area contributed by atoms with E-state index in [1.807, 2.05) is 30.3 Å². The third kappa shape index (κ3) is 1.54. The molecule has 74 valence electrons. The van der Waals surface area contributed by atoms with Crippen molar-refractivity contribution >= 4 is 5.69 Å². The van der Waals surface area contributed by atoms with Crippen LogP contribution in [0.4, 0.5) is 5.69 Å². The minimum atomic E-state index is 0.324. The topological polar surface area (TPSA) is 46.5 Å². The third-order valence-electron chi connectivity index (χ3n) is 2.01. The number of nitrogens with zero attached hydrogens (tertiary/aromatic N) is 4. The van der Waals surface area contributed by atoms with Gasteiger partial charge in [-0.3, -0.25) is 0 Å². The second kappa shape index (κ2) is 3.63. The van der Waals surface area contributed by atoms with Crippen molar-refractivity contribution in [3.05, 3.63) is 35.9 Å². The van der Waals surface area contributed by atoms with Crippen LogP contribution in [-0.4, -0.2) is 6.04 Å². The molecule has 1 aliphatic heterocycles. The molecule has 0 radical (unpaired) electrons. The van der Waals surface area contributed by atoms with E-state index in [2.05, 4.69) is 29.8 Å². The smallest absolute Gasteiger partial charge is 0.115 e. The number of quaternary nitrogens is 1. The van der Waals surface area contributed by atoms with E-state index < -0.39 is 0 Å². The molecule has 0 bridgehead atoms. The molecule has 1 aromatic carbocycles. The molecule has 0 saturated carbocycles. The maximum absolute atomic E-state index is 3.99. The Balaban J connectivity index is 2.22. The van der Waals surface area contributed by atoms with Gasteiger partial charge in [-0.15, -0.1) is 0 Å². The number of benzene rings is 1. The lowest BCUT2D eigenvalue weighted by Crippen LogP contribution is -3.16. The summed E-state index contributed by atoms with van der Waals surface area (Å²) in [5.41, 5.74) is 5.00. The van der Waals surface area contributed by atoms with Gasteiger partial charge in [0.25, 0.3) is 0 Å². The standard InChI is InChI=1S/C9H13N5/c1-8(2)13-11-10-12-14(13)9-6-4-3-5-7-9/h3-8,13H,1-2H3. The van der Waals surface area contributed by atoms with Gasteiger partial charge in [-0.05, 0) is 26.0 Å². The predicted molar refractivity (Wildman–Crippen MR) is 53.2 cm³/mol. The minimum absolute atomic E-state index is 0.324. The molecule has 1 atom stereocenters. The molecule has 0 aliphatic carbocycles. The molecule has 1 aromatic rings. The summed E-state index contributed by atoms with van der Waals surface area (Å²) < 4.78 is 0. The van der Waals surface area contributed by atoms with Crippen LogP contribution < -0.4 is 10.2 Å². The van der Waals surface area contributed by atoms with Gasteiger partial charge in [-0.25, -0.2) is 10.4 Å². The molecular formula is C9H13N5. The lowest BCUT2D eigenvalue weighted by Gasteiger charge is -2.28. The van der Waals surface area contributed by atoms with Gasteiger partial charge in [-0.2, -0.15) is 15.8 Å². The van der Waals surface area contributed by atoms with E-state index >= 15 is 0 Å². The van der Waals surface area contributed by atoms with Crippen LogP contribution in [0.25, 0.3) is 5.53 Å². The summed E-state index contributed by atoms with van der Waals surface area (Å²) >= 11 is 0. The highest BCUT2D eigenvalue weighted by Gasteiger charge is 2.20. The number of nitrogens with one attached hydrogen (secondary N) is 1. The lowest BCUT2D eigenvalue weighted by atomic mass is 10.3. The van der Waals surface area contributed by atoms with E-state index in [4.69, 9.17) is 0 Å². The van der Waals surface area contributed by atoms with Crippen molar-refractivity contribution in [1.29, 1.82) is 0 Å². The molecule has 5 nitrogen and oxygen atoms in total. The van der Waals surface area contributed by atoms with Crippen molar-refractivity contribution in [3.63, 3.8) is 0 Å². The molecule has 0 fully saturated rings. The Hall–Kier alpha value is -1.62. The first-order valence-electron chi connectivity index (χ1n) is 4.62. The zero-order chi connectivity index (χ0) is 9.97. The largest absolute Gasteiger partial charge is 0.230 e. The lowest BCUT2D eigenvalue weighted by molar-refractivity contribution is -0.888. The van der Waals surface area contributed by atoms with E-state index in [0.29, 0.717) is 6.04 Å². The fraction of sp³-hybridized carbons (Fsp3) is 0.333. The van der Waals surface area contributed by atoms with Gasteiger partial charge in [0.15, 0.2) is 0 Å². The van der Waals surface area contributed by atoms with E-state index in [0.717, 1.165) is 10.8 Å². The highest BCUT2D eigenvalue weighted by molar-refractivity contribution is 5.42. The zero-order valence-electron chi connectivity index (χ0n) is 8.25. The molecule has 0 spiro atoms. The van der Waals surface area contributed by atoms with Gasteiger partial charge >= 0.3 is 0 Å². The number of hydrogen-bond acceptors (Lipinski definition) is 3. The molecule has 1 heterocycles. The van der Waals surface area contributed by atoms with Crippen LogP contribution in [0.5, 0.6) is 0 Å². The quantitative estimate of drug-likeness (QED) is 0.752. The first kappa shape index (κ1) is 8.96. The summed E-state index contributed by atoms with van der Waals surface area (Å²) in [6.45, 7) is 4.15. The van der Waals surface area contributed by atoms with Crippen LogP contribution in [0.3, 0.4) is 0 Å². The van der Waals surface area contributed by atoms with Gasteiger partial charge in [-0.1, -0.05) is 18.2 Å². The summed E-state index contributed by atoms with van der Waals surface area (Å²) in [5.74, 6) is 0. The Morgan fingerprint density at radius 3 is 2.64 bits per heavy atom. The highest BCUT2D eigenvalue weighted by Crippen LogP contribution is 2.13. The molecule has 5 heteroatoms. The van der Waals surface area contributed by atoms with Gasteiger partial charge < -0.3 is 0 Å². The van der Waals surface area contributed by atoms with Crippen LogP contribution in [0.1, 0.15) is 13.8 Å². The molecule has 1 unspecified atom stereocenters. The number of anilines is 1. The Morgan fingerprint density at radius 1 is 1.29 bits per heavy atom. The number of para-hydroxylation sites is 1. The summed E-state index contributed by atoms with van der Waals surface area (Å²) in [6, 6.07) is 10.2. The molecule has 0 amide bonds. The first-order valence-corrected chi connectivity index (χ1v) is 4.62. The Labute approximate surface area is 82.9 Å². The van der Waals surface area contributed by atoms with Crippen molar-refractivity contribution in [3.8, 4) is 0 Å². The van der Waals surface area contributed by atoms with E-state index in [1.165, 1.54) is 0 Å². The first-order chi connectivity index (χ1) is 6.79. The molecule has 1 aliphatic rings. The fourth-order valence-corrected chi connectivity index (χ4v) is 1.31. The minimum Gasteiger partial charge on any atom is -0.230 e. The highest BCUT2D eigenvalue weighted by atomic mass is 16.0. The average molecular weight is 191 g/mol. The predicted octanol–water partition coefficient (Wildman–Crippen LogP) is 1.29. The molecule has 2 rings (SSSR count). The van der Waals surface area contributed by atoms with Crippen molar-refractivity contribution < 1.29 is 5.12 Å². The SMILES string of the molecule is CC(C)[NH+]1[N-]N=NN1c1ccccc1. The number of rotatable bonds is 2. The average Bonchev–Trinajstić information content (AvgIpc) is 2.67. The van der Waals surface area contributed by atoms with Crippen LogP contribution in [-0.2, 0) is 0 Å². The Kier molecular flexibility index (Phi) is 2.32. The zero-order valence-corrected chi connectivity index (χ0v) is 8.25. The van der Waals surface area contributed by atoms with Crippen molar-refractivity contribution in [2.45, 2.75) is 19.9 Å². The van der Waals surface area contributed by atoms with E-state index in [-0.39, 0.29) is 0 Å². The van der Waals surface area contributed by atoms with Gasteiger partial charge in [0, 0.05) is 0 Å². The Morgan fingerprint density at radius 2 is 2.00 bits per heavy atom. The summed E-state index contributed by atoms with van der Waals surface area (Å²) in [4.78, 5) is 0. The van der Waals surface area contributed by atoms with Crippen molar-refractivity contribution in [2.24, 2.45) is 10.4 Å². The fourth-order valence-electron chi connectivity index (χ4n) is 1.31. The van der Waals surface area contributed by atoms with E-state index in [1.54, 1.807) is 5.12 Å². The molecule has 1 N–H and O–H groups in total. The third-order valence-corrected chi connectivity index (χ3v) is 2.01. The van der Waals surface area contributed by atoms with Crippen molar-refractivity contribution in [1.82, 2.24) is 0 Å². The molecule has 0 saturated heterocycles. The molecular weight excluding hydrogens is 178 g/mol. The monoisotopic (exact) mass is 191 g/mol. The maximum Gasteiger partial charge on any atom is 0.115 e. The molecule has 0 aromatic heterocycles. The van der Waals surface area contributed by atoms with Gasteiger partial charge in [0.2, 0.25) is 0 Å². The summed E-state index contributed by atoms with van der Waals surface area (Å²) in [6.07, 6.45) is 0. The summed E-state index contributed by atoms with van der Waals surface area (Å²) in [5, 5.41) is 10.3. The maximum atomic E-state index is 3.99. The van der Waals surface area contributed by atoms with Crippen molar-refractivity contribution in [2.75, 3.05) is 5.12 Å². The van der Waals surface area contributed by atoms with Gasteiger partial charge in [0.1, 0.15) is 6.04 Å². The van der Waals surface area contributed by atoms with Crippen LogP contribution >= 0.6 is 0 Å². The molecule has 14 heavy (non-hydrogen) atoms. The normalized spacial score (nSPS) is 20.2. The number of hydrogen-bond donors (Lipinski definition) is 1. The van der Waals surface area contributed by atoms with Crippen LogP contribution in [0.2, 0.25) is 0 Å². The summed E-state index contributed by atoms with van der Waals surface area (Å²) in [7, 11) is 0. The van der Waals surface area contributed by atoms with Crippen LogP contribution in [0.15, 0.2) is 40.8 Å². The second-order valence-electron chi connectivity index (χ2n) is 3.44. The van der Waals surface area contributed by atoms with Crippen LogP contribution in [0, 0.1) is 0 Å². The van der Waals surface area contributed by atoms with Gasteiger partial charge in [0.05, 0.1) is 5.69 Å². The van der Waals surface area contributed by atoms with E-state index in [9.17, 15) is 0 Å². The second-order valence-corrected chi connectivity index (χ2v) is 3.44. The Bertz CT molecular complexity index is 321.